The standard InChI is InChI=1S/C12H16ClN3O/c1-2-16-11(8-17-7-6-14)15-10-5-3-4-9(13)12(10)16/h3-5H,2,6-8,14H2,1H3. The average molecular weight is 254 g/mol. The summed E-state index contributed by atoms with van der Waals surface area (Å²) in [6.07, 6.45) is 0. The maximum atomic E-state index is 6.19. The van der Waals surface area contributed by atoms with Crippen molar-refractivity contribution in [1.29, 1.82) is 0 Å². The number of ether oxygens (including phenoxy) is 1. The Bertz CT molecular complexity index is 510. The van der Waals surface area contributed by atoms with Crippen LogP contribution in [0, 0.1) is 0 Å². The van der Waals surface area contributed by atoms with Crippen molar-refractivity contribution in [3.8, 4) is 0 Å². The van der Waals surface area contributed by atoms with Gasteiger partial charge in [-0.1, -0.05) is 17.7 Å². The molecule has 0 spiro atoms. The summed E-state index contributed by atoms with van der Waals surface area (Å²) in [6.45, 7) is 4.42. The van der Waals surface area contributed by atoms with Gasteiger partial charge in [-0.05, 0) is 19.1 Å². The van der Waals surface area contributed by atoms with Crippen molar-refractivity contribution in [2.75, 3.05) is 13.2 Å². The van der Waals surface area contributed by atoms with Crippen molar-refractivity contribution in [2.24, 2.45) is 5.73 Å². The van der Waals surface area contributed by atoms with Crippen LogP contribution in [0.4, 0.5) is 0 Å². The lowest BCUT2D eigenvalue weighted by atomic mass is 10.3. The Balaban J connectivity index is 2.38. The van der Waals surface area contributed by atoms with Gasteiger partial charge < -0.3 is 15.0 Å². The summed E-state index contributed by atoms with van der Waals surface area (Å²) in [6, 6.07) is 5.74. The lowest BCUT2D eigenvalue weighted by Crippen LogP contribution is -2.10. The third-order valence-electron chi connectivity index (χ3n) is 2.61. The molecule has 0 radical (unpaired) electrons. The molecule has 0 atom stereocenters. The third-order valence-corrected chi connectivity index (χ3v) is 2.91. The van der Waals surface area contributed by atoms with Crippen molar-refractivity contribution in [1.82, 2.24) is 9.55 Å². The molecule has 2 N–H and O–H groups in total. The first-order chi connectivity index (χ1) is 8.27. The normalized spacial score (nSPS) is 11.2. The molecule has 0 aliphatic rings. The Hall–Kier alpha value is -1.10. The molecule has 1 heterocycles. The molecular formula is C12H16ClN3O. The first-order valence-electron chi connectivity index (χ1n) is 5.69. The molecule has 0 saturated carbocycles. The van der Waals surface area contributed by atoms with Crippen LogP contribution >= 0.6 is 11.6 Å². The largest absolute Gasteiger partial charge is 0.372 e. The van der Waals surface area contributed by atoms with Crippen LogP contribution in [-0.2, 0) is 17.9 Å². The van der Waals surface area contributed by atoms with E-state index in [2.05, 4.69) is 16.5 Å². The number of benzene rings is 1. The topological polar surface area (TPSA) is 53.1 Å². The number of imidazole rings is 1. The molecular weight excluding hydrogens is 238 g/mol. The number of nitrogens with two attached hydrogens (primary N) is 1. The number of aromatic nitrogens is 2. The van der Waals surface area contributed by atoms with Crippen molar-refractivity contribution in [3.05, 3.63) is 29.0 Å². The van der Waals surface area contributed by atoms with Crippen molar-refractivity contribution >= 4 is 22.6 Å². The molecule has 17 heavy (non-hydrogen) atoms. The zero-order valence-electron chi connectivity index (χ0n) is 9.82. The third kappa shape index (κ3) is 2.44. The molecule has 0 fully saturated rings. The molecule has 5 heteroatoms. The van der Waals surface area contributed by atoms with Gasteiger partial charge in [0.2, 0.25) is 0 Å². The Morgan fingerprint density at radius 2 is 2.29 bits per heavy atom. The quantitative estimate of drug-likeness (QED) is 0.831. The molecule has 2 rings (SSSR count). The predicted molar refractivity (Wildman–Crippen MR) is 69.1 cm³/mol. The van der Waals surface area contributed by atoms with Gasteiger partial charge in [-0.2, -0.15) is 0 Å². The van der Waals surface area contributed by atoms with Crippen molar-refractivity contribution in [3.63, 3.8) is 0 Å². The summed E-state index contributed by atoms with van der Waals surface area (Å²) in [5.74, 6) is 0.893. The van der Waals surface area contributed by atoms with Crippen LogP contribution in [0.1, 0.15) is 12.7 Å². The van der Waals surface area contributed by atoms with E-state index in [1.54, 1.807) is 0 Å². The van der Waals surface area contributed by atoms with Crippen LogP contribution < -0.4 is 5.73 Å². The van der Waals surface area contributed by atoms with E-state index in [0.717, 1.165) is 28.4 Å². The molecule has 2 aromatic rings. The first-order valence-corrected chi connectivity index (χ1v) is 6.07. The van der Waals surface area contributed by atoms with Crippen LogP contribution in [0.15, 0.2) is 18.2 Å². The Labute approximate surface area is 105 Å². The highest BCUT2D eigenvalue weighted by Gasteiger charge is 2.11. The highest BCUT2D eigenvalue weighted by Crippen LogP contribution is 2.24. The maximum Gasteiger partial charge on any atom is 0.136 e. The monoisotopic (exact) mass is 253 g/mol. The first kappa shape index (κ1) is 12.4. The second-order valence-electron chi connectivity index (χ2n) is 3.72. The number of hydrogen-bond donors (Lipinski definition) is 1. The molecule has 92 valence electrons. The second kappa shape index (κ2) is 5.49. The molecule has 0 aliphatic carbocycles. The summed E-state index contributed by atoms with van der Waals surface area (Å²) < 4.78 is 7.51. The van der Waals surface area contributed by atoms with E-state index in [1.165, 1.54) is 0 Å². The van der Waals surface area contributed by atoms with Gasteiger partial charge in [-0.3, -0.25) is 0 Å². The van der Waals surface area contributed by atoms with E-state index in [-0.39, 0.29) is 0 Å². The highest BCUT2D eigenvalue weighted by atomic mass is 35.5. The van der Waals surface area contributed by atoms with Crippen LogP contribution in [0.25, 0.3) is 11.0 Å². The fraction of sp³-hybridized carbons (Fsp3) is 0.417. The fourth-order valence-electron chi connectivity index (χ4n) is 1.89. The van der Waals surface area contributed by atoms with E-state index in [0.29, 0.717) is 19.8 Å². The number of nitrogens with zero attached hydrogens (tertiary/aromatic N) is 2. The smallest absolute Gasteiger partial charge is 0.136 e. The maximum absolute atomic E-state index is 6.19. The van der Waals surface area contributed by atoms with Gasteiger partial charge in [-0.15, -0.1) is 0 Å². The van der Waals surface area contributed by atoms with E-state index < -0.39 is 0 Å². The van der Waals surface area contributed by atoms with Gasteiger partial charge in [0.05, 0.1) is 22.7 Å². The zero-order valence-corrected chi connectivity index (χ0v) is 10.6. The van der Waals surface area contributed by atoms with Gasteiger partial charge in [0.25, 0.3) is 0 Å². The highest BCUT2D eigenvalue weighted by molar-refractivity contribution is 6.35. The molecule has 4 nitrogen and oxygen atoms in total. The lowest BCUT2D eigenvalue weighted by Gasteiger charge is -2.07. The van der Waals surface area contributed by atoms with Crippen LogP contribution in [-0.4, -0.2) is 22.7 Å². The zero-order chi connectivity index (χ0) is 12.3. The summed E-state index contributed by atoms with van der Waals surface area (Å²) in [5, 5.41) is 0.724. The van der Waals surface area contributed by atoms with Gasteiger partial charge in [-0.25, -0.2) is 4.98 Å². The SMILES string of the molecule is CCn1c(COCCN)nc2cccc(Cl)c21. The summed E-state index contributed by atoms with van der Waals surface area (Å²) >= 11 is 6.19. The average Bonchev–Trinajstić information content (AvgIpc) is 2.68. The van der Waals surface area contributed by atoms with E-state index >= 15 is 0 Å². The van der Waals surface area contributed by atoms with Gasteiger partial charge >= 0.3 is 0 Å². The van der Waals surface area contributed by atoms with Crippen LogP contribution in [0.2, 0.25) is 5.02 Å². The van der Waals surface area contributed by atoms with E-state index in [9.17, 15) is 0 Å². The molecule has 0 aliphatic heterocycles. The molecule has 0 saturated heterocycles. The minimum absolute atomic E-state index is 0.468. The summed E-state index contributed by atoms with van der Waals surface area (Å²) in [7, 11) is 0. The number of fused-ring (bicyclic) bond motifs is 1. The second-order valence-corrected chi connectivity index (χ2v) is 4.13. The summed E-state index contributed by atoms with van der Waals surface area (Å²) in [4.78, 5) is 4.53. The number of halogens is 1. The molecule has 1 aromatic carbocycles. The number of aryl methyl sites for hydroxylation is 1. The van der Waals surface area contributed by atoms with Gasteiger partial charge in [0, 0.05) is 13.1 Å². The molecule has 0 unspecified atom stereocenters. The minimum atomic E-state index is 0.468. The van der Waals surface area contributed by atoms with E-state index in [4.69, 9.17) is 22.1 Å². The van der Waals surface area contributed by atoms with Crippen molar-refractivity contribution in [2.45, 2.75) is 20.1 Å². The Morgan fingerprint density at radius 1 is 1.47 bits per heavy atom. The number of hydrogen-bond acceptors (Lipinski definition) is 3. The Morgan fingerprint density at radius 3 is 3.00 bits per heavy atom. The predicted octanol–water partition coefficient (Wildman–Crippen LogP) is 2.18. The molecule has 0 amide bonds. The van der Waals surface area contributed by atoms with E-state index in [1.807, 2.05) is 18.2 Å². The number of para-hydroxylation sites is 1. The lowest BCUT2D eigenvalue weighted by molar-refractivity contribution is 0.120. The van der Waals surface area contributed by atoms with Crippen LogP contribution in [0.5, 0.6) is 0 Å². The molecule has 1 aromatic heterocycles. The number of rotatable bonds is 5. The fourth-order valence-corrected chi connectivity index (χ4v) is 2.16. The van der Waals surface area contributed by atoms with Gasteiger partial charge in [0.1, 0.15) is 12.4 Å². The van der Waals surface area contributed by atoms with Crippen molar-refractivity contribution < 1.29 is 4.74 Å². The minimum Gasteiger partial charge on any atom is -0.372 e. The summed E-state index contributed by atoms with van der Waals surface area (Å²) in [5.41, 5.74) is 7.27. The Kier molecular flexibility index (Phi) is 3.99. The van der Waals surface area contributed by atoms with Crippen LogP contribution in [0.3, 0.4) is 0 Å². The van der Waals surface area contributed by atoms with Gasteiger partial charge in [0.15, 0.2) is 0 Å². The molecule has 0 bridgehead atoms.